The molecule has 0 bridgehead atoms. The summed E-state index contributed by atoms with van der Waals surface area (Å²) >= 11 is 0. The third kappa shape index (κ3) is 18.7. The van der Waals surface area contributed by atoms with E-state index in [0.29, 0.717) is 0 Å². The summed E-state index contributed by atoms with van der Waals surface area (Å²) in [5, 5.41) is 0. The zero-order valence-electron chi connectivity index (χ0n) is 19.0. The van der Waals surface area contributed by atoms with Gasteiger partial charge in [-0.2, -0.15) is 0 Å². The summed E-state index contributed by atoms with van der Waals surface area (Å²) in [7, 11) is 0. The third-order valence-corrected chi connectivity index (χ3v) is 6.09. The highest BCUT2D eigenvalue weighted by Gasteiger charge is 2.14. The molecular weight excluding hydrogens is 324 g/mol. The Morgan fingerprint density at radius 3 is 1.63 bits per heavy atom. The van der Waals surface area contributed by atoms with Gasteiger partial charge in [0.2, 0.25) is 0 Å². The predicted octanol–water partition coefficient (Wildman–Crippen LogP) is 9.34. The van der Waals surface area contributed by atoms with Gasteiger partial charge in [0.15, 0.2) is 0 Å². The number of rotatable bonds is 19. The molecule has 0 aliphatic carbocycles. The van der Waals surface area contributed by atoms with Crippen LogP contribution >= 0.6 is 0 Å². The lowest BCUT2D eigenvalue weighted by atomic mass is 9.84. The summed E-state index contributed by atoms with van der Waals surface area (Å²) in [5.41, 5.74) is 0. The molecule has 0 fully saturated rings. The van der Waals surface area contributed by atoms with E-state index in [4.69, 9.17) is 0 Å². The van der Waals surface area contributed by atoms with Crippen molar-refractivity contribution in [1.82, 2.24) is 0 Å². The quantitative estimate of drug-likeness (QED) is 0.156. The van der Waals surface area contributed by atoms with Gasteiger partial charge < -0.3 is 0 Å². The number of hydrogen-bond donors (Lipinski definition) is 0. The molecule has 0 nitrogen and oxygen atoms in total. The van der Waals surface area contributed by atoms with Crippen molar-refractivity contribution >= 4 is 0 Å². The van der Waals surface area contributed by atoms with Crippen LogP contribution in [0.3, 0.4) is 0 Å². The van der Waals surface area contributed by atoms with Crippen LogP contribution in [0.2, 0.25) is 0 Å². The van der Waals surface area contributed by atoms with E-state index in [-0.39, 0.29) is 0 Å². The Kier molecular flexibility index (Phi) is 21.5. The molecule has 0 amide bonds. The van der Waals surface area contributed by atoms with Crippen LogP contribution < -0.4 is 0 Å². The van der Waals surface area contributed by atoms with Crippen LogP contribution in [0.4, 0.5) is 0 Å². The van der Waals surface area contributed by atoms with Crippen molar-refractivity contribution < 1.29 is 0 Å². The van der Waals surface area contributed by atoms with Crippen LogP contribution in [0.25, 0.3) is 0 Å². The molecule has 0 aliphatic rings. The average molecular weight is 375 g/mol. The zero-order valence-corrected chi connectivity index (χ0v) is 19.0. The van der Waals surface area contributed by atoms with Crippen LogP contribution in [0, 0.1) is 37.5 Å². The van der Waals surface area contributed by atoms with Gasteiger partial charge >= 0.3 is 0 Å². The lowest BCUT2D eigenvalue weighted by Gasteiger charge is -2.22. The monoisotopic (exact) mass is 374 g/mol. The average Bonchev–Trinajstić information content (AvgIpc) is 2.69. The predicted molar refractivity (Wildman–Crippen MR) is 125 cm³/mol. The number of hydrogen-bond acceptors (Lipinski definition) is 0. The van der Waals surface area contributed by atoms with Crippen molar-refractivity contribution in [3.8, 4) is 11.8 Å². The molecule has 0 aromatic carbocycles. The molecule has 2 radical (unpaired) electrons. The minimum atomic E-state index is 0.857. The highest BCUT2D eigenvalue weighted by molar-refractivity contribution is 4.99. The Morgan fingerprint density at radius 2 is 1.07 bits per heavy atom. The van der Waals surface area contributed by atoms with E-state index in [1.54, 1.807) is 0 Å². The van der Waals surface area contributed by atoms with Crippen molar-refractivity contribution in [2.75, 3.05) is 0 Å². The summed E-state index contributed by atoms with van der Waals surface area (Å²) < 4.78 is 0. The molecule has 0 N–H and O–H groups in total. The summed E-state index contributed by atoms with van der Waals surface area (Å²) in [5.74, 6) is 8.64. The fourth-order valence-electron chi connectivity index (χ4n) is 3.87. The van der Waals surface area contributed by atoms with E-state index in [9.17, 15) is 0 Å². The lowest BCUT2D eigenvalue weighted by molar-refractivity contribution is 0.300. The molecule has 158 valence electrons. The van der Waals surface area contributed by atoms with E-state index >= 15 is 0 Å². The Morgan fingerprint density at radius 1 is 0.593 bits per heavy atom. The van der Waals surface area contributed by atoms with Crippen molar-refractivity contribution in [2.45, 2.75) is 136 Å². The van der Waals surface area contributed by atoms with Gasteiger partial charge in [-0.05, 0) is 24.7 Å². The highest BCUT2D eigenvalue weighted by Crippen LogP contribution is 2.26. The van der Waals surface area contributed by atoms with Gasteiger partial charge in [0.1, 0.15) is 0 Å². The Balaban J connectivity index is 3.70. The van der Waals surface area contributed by atoms with Gasteiger partial charge in [0, 0.05) is 12.8 Å². The van der Waals surface area contributed by atoms with Crippen LogP contribution in [0.5, 0.6) is 0 Å². The second-order valence-corrected chi connectivity index (χ2v) is 8.53. The maximum atomic E-state index is 3.93. The van der Waals surface area contributed by atoms with E-state index in [0.717, 1.165) is 37.5 Å². The fourth-order valence-corrected chi connectivity index (χ4v) is 3.87. The van der Waals surface area contributed by atoms with Crippen LogP contribution in [0.1, 0.15) is 136 Å². The second kappa shape index (κ2) is 21.9. The second-order valence-electron chi connectivity index (χ2n) is 8.53. The fraction of sp³-hybridized carbons (Fsp3) is 0.852. The van der Waals surface area contributed by atoms with Crippen LogP contribution in [-0.4, -0.2) is 0 Å². The Hall–Kier alpha value is -0.440. The standard InChI is InChI=1S/C27H50/c1-5-8-10-12-14-15-16-17-18-19-21-23-25-27(26(4)7-3)24-22-20-13-11-9-6-2/h26-27H,1-2,5-18,20,22-25H2,3-4H3. The maximum absolute atomic E-state index is 3.93. The molecule has 2 unspecified atom stereocenters. The minimum absolute atomic E-state index is 0.857. The normalized spacial score (nSPS) is 13.2. The van der Waals surface area contributed by atoms with Crippen molar-refractivity contribution in [3.05, 3.63) is 13.8 Å². The van der Waals surface area contributed by atoms with Crippen LogP contribution in [-0.2, 0) is 0 Å². The molecule has 0 saturated heterocycles. The van der Waals surface area contributed by atoms with Gasteiger partial charge in [-0.15, -0.1) is 11.8 Å². The van der Waals surface area contributed by atoms with E-state index in [1.807, 2.05) is 0 Å². The van der Waals surface area contributed by atoms with E-state index in [1.165, 1.54) is 96.3 Å². The first kappa shape index (κ1) is 26.6. The van der Waals surface area contributed by atoms with E-state index in [2.05, 4.69) is 39.5 Å². The van der Waals surface area contributed by atoms with Crippen molar-refractivity contribution in [3.63, 3.8) is 0 Å². The molecule has 0 heterocycles. The topological polar surface area (TPSA) is 0 Å². The molecule has 0 saturated carbocycles. The summed E-state index contributed by atoms with van der Waals surface area (Å²) in [4.78, 5) is 0. The maximum Gasteiger partial charge on any atom is 0.00914 e. The van der Waals surface area contributed by atoms with Gasteiger partial charge in [0.05, 0.1) is 0 Å². The molecular formula is C27H50. The Labute approximate surface area is 173 Å². The molecule has 0 heteroatoms. The van der Waals surface area contributed by atoms with Crippen molar-refractivity contribution in [2.24, 2.45) is 11.8 Å². The lowest BCUT2D eigenvalue weighted by Crippen LogP contribution is -2.11. The van der Waals surface area contributed by atoms with Gasteiger partial charge in [-0.3, -0.25) is 0 Å². The summed E-state index contributed by atoms with van der Waals surface area (Å²) in [6.45, 7) is 12.6. The Bertz CT molecular complexity index is 332. The summed E-state index contributed by atoms with van der Waals surface area (Å²) in [6, 6.07) is 0. The van der Waals surface area contributed by atoms with E-state index < -0.39 is 0 Å². The van der Waals surface area contributed by atoms with Crippen LogP contribution in [0.15, 0.2) is 0 Å². The van der Waals surface area contributed by atoms with Gasteiger partial charge in [-0.1, -0.05) is 124 Å². The molecule has 0 aromatic rings. The highest BCUT2D eigenvalue weighted by atomic mass is 14.2. The first-order valence-corrected chi connectivity index (χ1v) is 12.3. The van der Waals surface area contributed by atoms with Crippen molar-refractivity contribution in [1.29, 1.82) is 0 Å². The molecule has 0 spiro atoms. The molecule has 0 rings (SSSR count). The van der Waals surface area contributed by atoms with Gasteiger partial charge in [-0.25, -0.2) is 0 Å². The zero-order chi connectivity index (χ0) is 20.0. The van der Waals surface area contributed by atoms with Gasteiger partial charge in [0.25, 0.3) is 0 Å². The molecule has 2 atom stereocenters. The molecule has 27 heavy (non-hydrogen) atoms. The largest absolute Gasteiger partial charge is 0.103 e. The SMILES string of the molecule is [CH2]CCCCCCCCCC#CCCC(CCCCCCC[CH2])C(C)CC. The first-order valence-electron chi connectivity index (χ1n) is 12.3. The first-order chi connectivity index (χ1) is 13.3. The molecule has 0 aliphatic heterocycles. The smallest absolute Gasteiger partial charge is 0.00914 e. The third-order valence-electron chi connectivity index (χ3n) is 6.09. The molecule has 0 aromatic heterocycles. The summed E-state index contributed by atoms with van der Waals surface area (Å²) in [6.07, 6.45) is 24.9. The number of unbranched alkanes of at least 4 members (excludes halogenated alkanes) is 13. The minimum Gasteiger partial charge on any atom is -0.103 e.